The Balaban J connectivity index is 2.01. The molecule has 1 atom stereocenters. The van der Waals surface area contributed by atoms with E-state index in [0.29, 0.717) is 6.04 Å². The fourth-order valence-electron chi connectivity index (χ4n) is 2.76. The summed E-state index contributed by atoms with van der Waals surface area (Å²) in [6.45, 7) is 6.58. The van der Waals surface area contributed by atoms with Crippen molar-refractivity contribution in [2.75, 3.05) is 25.5 Å². The van der Waals surface area contributed by atoms with Gasteiger partial charge in [0.2, 0.25) is 0 Å². The van der Waals surface area contributed by atoms with Crippen molar-refractivity contribution < 1.29 is 0 Å². The minimum absolute atomic E-state index is 0.673. The van der Waals surface area contributed by atoms with Crippen molar-refractivity contribution in [2.24, 2.45) is 0 Å². The highest BCUT2D eigenvalue weighted by Crippen LogP contribution is 2.28. The van der Waals surface area contributed by atoms with E-state index in [-0.39, 0.29) is 0 Å². The number of hydrogen-bond donors (Lipinski definition) is 1. The standard InChI is InChI=1S/C15H23BrN2/c1-11-8-12(2)15(14(16)9-11)17-10-13-6-4-5-7-18(13)3/h8-9,13,17H,4-7,10H2,1-3H3. The highest BCUT2D eigenvalue weighted by atomic mass is 79.9. The Morgan fingerprint density at radius 1 is 1.33 bits per heavy atom. The number of likely N-dealkylation sites (tertiary alicyclic amines) is 1. The number of nitrogens with one attached hydrogen (secondary N) is 1. The zero-order valence-electron chi connectivity index (χ0n) is 11.6. The number of benzene rings is 1. The first-order valence-electron chi connectivity index (χ1n) is 6.79. The third kappa shape index (κ3) is 3.27. The summed E-state index contributed by atoms with van der Waals surface area (Å²) < 4.78 is 1.18. The average Bonchev–Trinajstić information content (AvgIpc) is 2.30. The molecule has 1 N–H and O–H groups in total. The summed E-state index contributed by atoms with van der Waals surface area (Å²) in [6.07, 6.45) is 4.02. The number of piperidine rings is 1. The molecule has 1 unspecified atom stereocenters. The van der Waals surface area contributed by atoms with E-state index in [0.717, 1.165) is 6.54 Å². The van der Waals surface area contributed by atoms with Gasteiger partial charge in [0, 0.05) is 17.1 Å². The Hall–Kier alpha value is -0.540. The molecular formula is C15H23BrN2. The number of anilines is 1. The monoisotopic (exact) mass is 310 g/mol. The van der Waals surface area contributed by atoms with Crippen molar-refractivity contribution in [2.45, 2.75) is 39.2 Å². The van der Waals surface area contributed by atoms with Crippen LogP contribution in [-0.2, 0) is 0 Å². The number of likely N-dealkylation sites (N-methyl/N-ethyl adjacent to an activating group) is 1. The number of rotatable bonds is 3. The fraction of sp³-hybridized carbons (Fsp3) is 0.600. The van der Waals surface area contributed by atoms with Crippen molar-refractivity contribution in [1.82, 2.24) is 4.90 Å². The lowest BCUT2D eigenvalue weighted by Gasteiger charge is -2.33. The summed E-state index contributed by atoms with van der Waals surface area (Å²) in [5.41, 5.74) is 3.87. The smallest absolute Gasteiger partial charge is 0.0515 e. The second kappa shape index (κ2) is 6.07. The van der Waals surface area contributed by atoms with E-state index < -0.39 is 0 Å². The summed E-state index contributed by atoms with van der Waals surface area (Å²) in [5, 5.41) is 3.62. The van der Waals surface area contributed by atoms with E-state index in [1.807, 2.05) is 0 Å². The highest BCUT2D eigenvalue weighted by Gasteiger charge is 2.18. The molecule has 2 nitrogen and oxygen atoms in total. The van der Waals surface area contributed by atoms with Crippen LogP contribution in [0.1, 0.15) is 30.4 Å². The van der Waals surface area contributed by atoms with Crippen molar-refractivity contribution >= 4 is 21.6 Å². The maximum atomic E-state index is 3.66. The van der Waals surface area contributed by atoms with Gasteiger partial charge in [0.25, 0.3) is 0 Å². The van der Waals surface area contributed by atoms with E-state index in [2.05, 4.69) is 59.2 Å². The lowest BCUT2D eigenvalue weighted by molar-refractivity contribution is 0.194. The van der Waals surface area contributed by atoms with Crippen LogP contribution >= 0.6 is 15.9 Å². The van der Waals surface area contributed by atoms with Gasteiger partial charge in [0.05, 0.1) is 5.69 Å². The van der Waals surface area contributed by atoms with E-state index in [1.165, 1.54) is 47.1 Å². The van der Waals surface area contributed by atoms with Crippen LogP contribution < -0.4 is 5.32 Å². The fourth-order valence-corrected chi connectivity index (χ4v) is 3.58. The van der Waals surface area contributed by atoms with Gasteiger partial charge in [-0.1, -0.05) is 12.5 Å². The SMILES string of the molecule is Cc1cc(C)c(NCC2CCCCN2C)c(Br)c1. The Morgan fingerprint density at radius 2 is 2.11 bits per heavy atom. The molecule has 0 bridgehead atoms. The minimum atomic E-state index is 0.673. The molecule has 0 spiro atoms. The van der Waals surface area contributed by atoms with E-state index in [9.17, 15) is 0 Å². The van der Waals surface area contributed by atoms with Crippen LogP contribution in [-0.4, -0.2) is 31.1 Å². The van der Waals surface area contributed by atoms with Gasteiger partial charge >= 0.3 is 0 Å². The van der Waals surface area contributed by atoms with Gasteiger partial charge in [-0.15, -0.1) is 0 Å². The first kappa shape index (κ1) is 13.9. The van der Waals surface area contributed by atoms with Crippen LogP contribution in [0.2, 0.25) is 0 Å². The zero-order valence-corrected chi connectivity index (χ0v) is 13.2. The molecule has 3 heteroatoms. The molecule has 1 saturated heterocycles. The van der Waals surface area contributed by atoms with Crippen LogP contribution in [0.25, 0.3) is 0 Å². The molecule has 1 aromatic carbocycles. The summed E-state index contributed by atoms with van der Waals surface area (Å²) in [4.78, 5) is 2.48. The lowest BCUT2D eigenvalue weighted by Crippen LogP contribution is -2.40. The van der Waals surface area contributed by atoms with Gasteiger partial charge in [-0.3, -0.25) is 0 Å². The number of nitrogens with zero attached hydrogens (tertiary/aromatic N) is 1. The Labute approximate surface area is 119 Å². The predicted octanol–water partition coefficient (Wildman–Crippen LogP) is 3.96. The molecule has 2 rings (SSSR count). The van der Waals surface area contributed by atoms with Crippen molar-refractivity contribution in [3.05, 3.63) is 27.7 Å². The van der Waals surface area contributed by atoms with Gasteiger partial charge in [0.1, 0.15) is 0 Å². The second-order valence-electron chi connectivity index (χ2n) is 5.45. The maximum absolute atomic E-state index is 3.66. The number of aryl methyl sites for hydroxylation is 2. The van der Waals surface area contributed by atoms with Crippen molar-refractivity contribution in [3.8, 4) is 0 Å². The minimum Gasteiger partial charge on any atom is -0.382 e. The first-order valence-corrected chi connectivity index (χ1v) is 7.58. The van der Waals surface area contributed by atoms with Gasteiger partial charge in [-0.05, 0) is 73.4 Å². The molecule has 0 radical (unpaired) electrons. The maximum Gasteiger partial charge on any atom is 0.0515 e. The summed E-state index contributed by atoms with van der Waals surface area (Å²) >= 11 is 3.66. The Kier molecular flexibility index (Phi) is 4.68. The highest BCUT2D eigenvalue weighted by molar-refractivity contribution is 9.10. The van der Waals surface area contributed by atoms with Gasteiger partial charge in [-0.25, -0.2) is 0 Å². The summed E-state index contributed by atoms with van der Waals surface area (Å²) in [7, 11) is 2.24. The third-order valence-electron chi connectivity index (χ3n) is 3.87. The van der Waals surface area contributed by atoms with E-state index in [1.54, 1.807) is 0 Å². The summed E-state index contributed by atoms with van der Waals surface area (Å²) in [6, 6.07) is 5.09. The second-order valence-corrected chi connectivity index (χ2v) is 6.30. The van der Waals surface area contributed by atoms with Crippen molar-refractivity contribution in [1.29, 1.82) is 0 Å². The number of halogens is 1. The van der Waals surface area contributed by atoms with Crippen LogP contribution in [0.5, 0.6) is 0 Å². The zero-order chi connectivity index (χ0) is 13.1. The topological polar surface area (TPSA) is 15.3 Å². The van der Waals surface area contributed by atoms with Crippen LogP contribution in [0.3, 0.4) is 0 Å². The molecule has 0 aromatic heterocycles. The number of hydrogen-bond acceptors (Lipinski definition) is 2. The third-order valence-corrected chi connectivity index (χ3v) is 4.49. The van der Waals surface area contributed by atoms with E-state index in [4.69, 9.17) is 0 Å². The quantitative estimate of drug-likeness (QED) is 0.909. The van der Waals surface area contributed by atoms with Gasteiger partial charge in [0.15, 0.2) is 0 Å². The summed E-state index contributed by atoms with van der Waals surface area (Å²) in [5.74, 6) is 0. The van der Waals surface area contributed by atoms with Gasteiger partial charge < -0.3 is 10.2 Å². The van der Waals surface area contributed by atoms with Gasteiger partial charge in [-0.2, -0.15) is 0 Å². The molecule has 0 saturated carbocycles. The molecule has 1 aliphatic heterocycles. The average molecular weight is 311 g/mol. The molecule has 100 valence electrons. The molecular weight excluding hydrogens is 288 g/mol. The Bertz CT molecular complexity index is 394. The molecule has 1 aromatic rings. The molecule has 18 heavy (non-hydrogen) atoms. The Morgan fingerprint density at radius 3 is 2.78 bits per heavy atom. The van der Waals surface area contributed by atoms with Crippen molar-refractivity contribution in [3.63, 3.8) is 0 Å². The predicted molar refractivity (Wildman–Crippen MR) is 82.4 cm³/mol. The normalized spacial score (nSPS) is 21.0. The largest absolute Gasteiger partial charge is 0.382 e. The van der Waals surface area contributed by atoms with E-state index >= 15 is 0 Å². The first-order chi connectivity index (χ1) is 8.58. The molecule has 1 fully saturated rings. The molecule has 0 amide bonds. The van der Waals surface area contributed by atoms with Crippen LogP contribution in [0.4, 0.5) is 5.69 Å². The molecule has 1 heterocycles. The van der Waals surface area contributed by atoms with Crippen LogP contribution in [0, 0.1) is 13.8 Å². The van der Waals surface area contributed by atoms with Crippen LogP contribution in [0.15, 0.2) is 16.6 Å². The molecule has 1 aliphatic rings. The molecule has 0 aliphatic carbocycles. The lowest BCUT2D eigenvalue weighted by atomic mass is 10.0.